The molecule has 1 unspecified atom stereocenters. The molecule has 1 aromatic rings. The molecular formula is C13H22N2O. The van der Waals surface area contributed by atoms with E-state index in [0.29, 0.717) is 23.1 Å². The van der Waals surface area contributed by atoms with Crippen molar-refractivity contribution in [2.45, 2.75) is 58.8 Å². The van der Waals surface area contributed by atoms with E-state index in [0.717, 1.165) is 11.3 Å². The first-order valence-corrected chi connectivity index (χ1v) is 6.18. The summed E-state index contributed by atoms with van der Waals surface area (Å²) in [5.41, 5.74) is 8.43. The molecule has 0 radical (unpaired) electrons. The van der Waals surface area contributed by atoms with Gasteiger partial charge in [0.1, 0.15) is 0 Å². The van der Waals surface area contributed by atoms with E-state index in [-0.39, 0.29) is 0 Å². The number of hydrogen-bond donors (Lipinski definition) is 1. The Kier molecular flexibility index (Phi) is 2.72. The second-order valence-corrected chi connectivity index (χ2v) is 5.93. The Balaban J connectivity index is 2.41. The van der Waals surface area contributed by atoms with Crippen molar-refractivity contribution in [2.24, 2.45) is 5.41 Å². The molecule has 0 spiro atoms. The third-order valence-electron chi connectivity index (χ3n) is 3.95. The average molecular weight is 222 g/mol. The van der Waals surface area contributed by atoms with Crippen molar-refractivity contribution < 1.29 is 4.52 Å². The molecule has 1 fully saturated rings. The molecule has 0 amide bonds. The van der Waals surface area contributed by atoms with E-state index in [9.17, 15) is 0 Å². The fourth-order valence-electron chi connectivity index (χ4n) is 2.99. The van der Waals surface area contributed by atoms with Gasteiger partial charge in [0, 0.05) is 11.5 Å². The van der Waals surface area contributed by atoms with Gasteiger partial charge >= 0.3 is 0 Å². The van der Waals surface area contributed by atoms with Crippen LogP contribution in [0, 0.1) is 5.41 Å². The van der Waals surface area contributed by atoms with Gasteiger partial charge in [-0.3, -0.25) is 0 Å². The van der Waals surface area contributed by atoms with E-state index in [1.807, 2.05) is 0 Å². The SMILES string of the molecule is CC(C)c1c(C2CCCC2(C)C)noc1N. The lowest BCUT2D eigenvalue weighted by molar-refractivity contribution is 0.313. The van der Waals surface area contributed by atoms with Gasteiger partial charge in [0.2, 0.25) is 5.88 Å². The van der Waals surface area contributed by atoms with Crippen LogP contribution in [0.5, 0.6) is 0 Å². The normalized spacial score (nSPS) is 24.2. The first-order valence-electron chi connectivity index (χ1n) is 6.18. The van der Waals surface area contributed by atoms with Crippen molar-refractivity contribution in [1.29, 1.82) is 0 Å². The Labute approximate surface area is 97.4 Å². The molecule has 0 saturated heterocycles. The van der Waals surface area contributed by atoms with Crippen LogP contribution in [0.15, 0.2) is 4.52 Å². The highest BCUT2D eigenvalue weighted by molar-refractivity contribution is 5.43. The summed E-state index contributed by atoms with van der Waals surface area (Å²) in [5, 5.41) is 4.21. The molecule has 1 heterocycles. The van der Waals surface area contributed by atoms with Crippen LogP contribution in [0.4, 0.5) is 5.88 Å². The van der Waals surface area contributed by atoms with Crippen LogP contribution < -0.4 is 5.73 Å². The van der Waals surface area contributed by atoms with Gasteiger partial charge in [-0.1, -0.05) is 39.3 Å². The zero-order valence-electron chi connectivity index (χ0n) is 10.7. The van der Waals surface area contributed by atoms with Gasteiger partial charge < -0.3 is 10.3 Å². The third kappa shape index (κ3) is 1.72. The molecule has 2 rings (SSSR count). The predicted molar refractivity (Wildman–Crippen MR) is 65.4 cm³/mol. The van der Waals surface area contributed by atoms with Gasteiger partial charge in [-0.15, -0.1) is 0 Å². The molecule has 0 bridgehead atoms. The molecule has 0 aliphatic heterocycles. The Morgan fingerprint density at radius 2 is 2.12 bits per heavy atom. The summed E-state index contributed by atoms with van der Waals surface area (Å²) in [5.74, 6) is 1.40. The predicted octanol–water partition coefficient (Wildman–Crippen LogP) is 3.67. The molecule has 1 atom stereocenters. The number of rotatable bonds is 2. The van der Waals surface area contributed by atoms with Crippen molar-refractivity contribution >= 4 is 5.88 Å². The summed E-state index contributed by atoms with van der Waals surface area (Å²) in [6, 6.07) is 0. The van der Waals surface area contributed by atoms with Gasteiger partial charge in [-0.2, -0.15) is 0 Å². The maximum atomic E-state index is 5.87. The molecular weight excluding hydrogens is 200 g/mol. The lowest BCUT2D eigenvalue weighted by Gasteiger charge is -2.26. The zero-order valence-corrected chi connectivity index (χ0v) is 10.7. The number of nitrogens with zero attached hydrogens (tertiary/aromatic N) is 1. The highest BCUT2D eigenvalue weighted by Gasteiger charge is 2.39. The van der Waals surface area contributed by atoms with E-state index in [4.69, 9.17) is 10.3 Å². The standard InChI is InChI=1S/C13H22N2O/c1-8(2)10-11(15-16-12(10)14)9-6-5-7-13(9,3)4/h8-9H,5-7,14H2,1-4H3. The van der Waals surface area contributed by atoms with Crippen molar-refractivity contribution in [3.05, 3.63) is 11.3 Å². The van der Waals surface area contributed by atoms with E-state index in [1.165, 1.54) is 19.3 Å². The quantitative estimate of drug-likeness (QED) is 0.830. The number of nitrogens with two attached hydrogens (primary N) is 1. The topological polar surface area (TPSA) is 52.0 Å². The van der Waals surface area contributed by atoms with Crippen molar-refractivity contribution in [3.8, 4) is 0 Å². The van der Waals surface area contributed by atoms with E-state index < -0.39 is 0 Å². The summed E-state index contributed by atoms with van der Waals surface area (Å²) >= 11 is 0. The minimum atomic E-state index is 0.326. The lowest BCUT2D eigenvalue weighted by Crippen LogP contribution is -2.17. The maximum absolute atomic E-state index is 5.87. The Morgan fingerprint density at radius 3 is 2.62 bits per heavy atom. The second-order valence-electron chi connectivity index (χ2n) is 5.93. The lowest BCUT2D eigenvalue weighted by atomic mass is 9.78. The van der Waals surface area contributed by atoms with Gasteiger partial charge in [0.05, 0.1) is 5.69 Å². The first kappa shape index (κ1) is 11.5. The summed E-state index contributed by atoms with van der Waals surface area (Å²) < 4.78 is 5.19. The number of aromatic nitrogens is 1. The van der Waals surface area contributed by atoms with Crippen molar-refractivity contribution in [1.82, 2.24) is 5.16 Å². The minimum absolute atomic E-state index is 0.326. The monoisotopic (exact) mass is 222 g/mol. The molecule has 1 saturated carbocycles. The Bertz CT molecular complexity index is 379. The smallest absolute Gasteiger partial charge is 0.225 e. The van der Waals surface area contributed by atoms with Crippen LogP contribution in [0.25, 0.3) is 0 Å². The summed E-state index contributed by atoms with van der Waals surface area (Å²) in [4.78, 5) is 0. The molecule has 90 valence electrons. The Morgan fingerprint density at radius 1 is 1.44 bits per heavy atom. The zero-order chi connectivity index (χ0) is 11.9. The van der Waals surface area contributed by atoms with Crippen LogP contribution in [0.3, 0.4) is 0 Å². The minimum Gasteiger partial charge on any atom is -0.367 e. The molecule has 1 aliphatic carbocycles. The summed E-state index contributed by atoms with van der Waals surface area (Å²) in [6.07, 6.45) is 3.75. The highest BCUT2D eigenvalue weighted by Crippen LogP contribution is 2.50. The van der Waals surface area contributed by atoms with Crippen LogP contribution >= 0.6 is 0 Å². The van der Waals surface area contributed by atoms with Crippen molar-refractivity contribution in [2.75, 3.05) is 5.73 Å². The molecule has 16 heavy (non-hydrogen) atoms. The van der Waals surface area contributed by atoms with Crippen LogP contribution in [0.2, 0.25) is 0 Å². The van der Waals surface area contributed by atoms with E-state index >= 15 is 0 Å². The number of anilines is 1. The fourth-order valence-corrected chi connectivity index (χ4v) is 2.99. The van der Waals surface area contributed by atoms with Crippen molar-refractivity contribution in [3.63, 3.8) is 0 Å². The summed E-state index contributed by atoms with van der Waals surface area (Å²) in [7, 11) is 0. The molecule has 3 nitrogen and oxygen atoms in total. The van der Waals surface area contributed by atoms with Crippen LogP contribution in [0.1, 0.15) is 70.1 Å². The molecule has 1 aliphatic rings. The molecule has 2 N–H and O–H groups in total. The Hall–Kier alpha value is -0.990. The highest BCUT2D eigenvalue weighted by atomic mass is 16.5. The largest absolute Gasteiger partial charge is 0.367 e. The molecule has 3 heteroatoms. The average Bonchev–Trinajstić information content (AvgIpc) is 2.68. The van der Waals surface area contributed by atoms with Gasteiger partial charge in [0.25, 0.3) is 0 Å². The van der Waals surface area contributed by atoms with Crippen LogP contribution in [-0.4, -0.2) is 5.16 Å². The van der Waals surface area contributed by atoms with E-state index in [2.05, 4.69) is 32.9 Å². The second kappa shape index (κ2) is 3.79. The number of hydrogen-bond acceptors (Lipinski definition) is 3. The molecule has 1 aromatic heterocycles. The number of nitrogen functional groups attached to an aromatic ring is 1. The van der Waals surface area contributed by atoms with E-state index in [1.54, 1.807) is 0 Å². The first-order chi connectivity index (χ1) is 7.43. The van der Waals surface area contributed by atoms with Gasteiger partial charge in [-0.05, 0) is 24.2 Å². The van der Waals surface area contributed by atoms with Crippen LogP contribution in [-0.2, 0) is 0 Å². The van der Waals surface area contributed by atoms with Gasteiger partial charge in [-0.25, -0.2) is 0 Å². The maximum Gasteiger partial charge on any atom is 0.225 e. The summed E-state index contributed by atoms with van der Waals surface area (Å²) in [6.45, 7) is 8.93. The third-order valence-corrected chi connectivity index (χ3v) is 3.95. The van der Waals surface area contributed by atoms with Gasteiger partial charge in [0.15, 0.2) is 0 Å². The fraction of sp³-hybridized carbons (Fsp3) is 0.769. The molecule has 0 aromatic carbocycles.